The van der Waals surface area contributed by atoms with Gasteiger partial charge in [-0.15, -0.1) is 0 Å². The molecule has 1 saturated heterocycles. The second-order valence-electron chi connectivity index (χ2n) is 8.59. The van der Waals surface area contributed by atoms with Crippen molar-refractivity contribution in [2.45, 2.75) is 6.54 Å². The largest absolute Gasteiger partial charge is 0.388 e. The van der Waals surface area contributed by atoms with Gasteiger partial charge in [-0.25, -0.2) is 29.7 Å². The van der Waals surface area contributed by atoms with Crippen molar-refractivity contribution >= 4 is 34.6 Å². The summed E-state index contributed by atoms with van der Waals surface area (Å²) in [5, 5.41) is 3.13. The van der Waals surface area contributed by atoms with E-state index in [0.29, 0.717) is 31.5 Å². The van der Waals surface area contributed by atoms with Crippen LogP contribution in [0.25, 0.3) is 22.6 Å². The number of ether oxygens (including phenoxy) is 1. The van der Waals surface area contributed by atoms with Crippen LogP contribution in [0.1, 0.15) is 16.2 Å². The van der Waals surface area contributed by atoms with Gasteiger partial charge in [0.25, 0.3) is 0 Å². The fraction of sp³-hybridized carbons (Fsp3) is 0.333. The SMILES string of the molecule is CNc1ccc(-c2nc(N3CCOCC3)c3nc(CN(C)c4ncc(C(=O)ON)cn4)n(C)c3n2)cc1. The molecule has 4 aromatic rings. The first-order valence-corrected chi connectivity index (χ1v) is 11.8. The Kier molecular flexibility index (Phi) is 6.79. The van der Waals surface area contributed by atoms with Gasteiger partial charge in [-0.3, -0.25) is 0 Å². The number of aromatic nitrogens is 6. The number of morpholine rings is 1. The first-order chi connectivity index (χ1) is 18.0. The van der Waals surface area contributed by atoms with Crippen molar-refractivity contribution in [1.82, 2.24) is 29.5 Å². The standard InChI is InChI=1S/C24H28N10O3/c1-26-17-6-4-15(5-7-17)20-30-21-19(22(31-20)34-8-10-36-11-9-34)29-18(33(21)3)14-32(2)24-27-12-16(13-28-24)23(35)37-25/h4-7,12-13,26H,8-11,14,25H2,1-3H3. The molecule has 5 rings (SSSR count). The number of imidazole rings is 1. The molecule has 1 fully saturated rings. The van der Waals surface area contributed by atoms with E-state index in [1.807, 2.05) is 54.9 Å². The summed E-state index contributed by atoms with van der Waals surface area (Å²) >= 11 is 0. The summed E-state index contributed by atoms with van der Waals surface area (Å²) in [4.78, 5) is 43.1. The lowest BCUT2D eigenvalue weighted by molar-refractivity contribution is 0.0502. The Hall–Kier alpha value is -4.36. The molecular weight excluding hydrogens is 476 g/mol. The van der Waals surface area contributed by atoms with Crippen LogP contribution in [-0.2, 0) is 23.2 Å². The molecule has 0 radical (unpaired) electrons. The summed E-state index contributed by atoms with van der Waals surface area (Å²) in [5.74, 6) is 6.83. The Morgan fingerprint density at radius 3 is 2.49 bits per heavy atom. The molecule has 3 aromatic heterocycles. The molecule has 0 spiro atoms. The highest BCUT2D eigenvalue weighted by molar-refractivity contribution is 5.88. The smallest absolute Gasteiger partial charge is 0.359 e. The Bertz CT molecular complexity index is 1400. The van der Waals surface area contributed by atoms with Crippen LogP contribution in [0.5, 0.6) is 0 Å². The molecule has 13 heteroatoms. The van der Waals surface area contributed by atoms with Gasteiger partial charge in [-0.1, -0.05) is 0 Å². The van der Waals surface area contributed by atoms with Crippen molar-refractivity contribution in [3.05, 3.63) is 48.0 Å². The highest BCUT2D eigenvalue weighted by Crippen LogP contribution is 2.29. The maximum atomic E-state index is 11.6. The number of anilines is 3. The van der Waals surface area contributed by atoms with Crippen LogP contribution >= 0.6 is 0 Å². The van der Waals surface area contributed by atoms with Gasteiger partial charge in [0.05, 0.1) is 25.3 Å². The van der Waals surface area contributed by atoms with Crippen LogP contribution in [0.15, 0.2) is 36.7 Å². The normalized spacial score (nSPS) is 13.6. The fourth-order valence-corrected chi connectivity index (χ4v) is 4.12. The van der Waals surface area contributed by atoms with E-state index in [1.165, 1.54) is 12.4 Å². The fourth-order valence-electron chi connectivity index (χ4n) is 4.12. The molecule has 37 heavy (non-hydrogen) atoms. The summed E-state index contributed by atoms with van der Waals surface area (Å²) in [6.07, 6.45) is 2.74. The predicted molar refractivity (Wildman–Crippen MR) is 138 cm³/mol. The Labute approximate surface area is 213 Å². The average Bonchev–Trinajstić information content (AvgIpc) is 3.27. The van der Waals surface area contributed by atoms with Crippen LogP contribution in [0.3, 0.4) is 0 Å². The minimum absolute atomic E-state index is 0.170. The molecule has 0 amide bonds. The summed E-state index contributed by atoms with van der Waals surface area (Å²) < 4.78 is 7.52. The number of carbonyl (C=O) groups is 1. The third-order valence-corrected chi connectivity index (χ3v) is 6.24. The second-order valence-corrected chi connectivity index (χ2v) is 8.59. The van der Waals surface area contributed by atoms with E-state index in [-0.39, 0.29) is 5.56 Å². The molecule has 0 bridgehead atoms. The average molecular weight is 505 g/mol. The predicted octanol–water partition coefficient (Wildman–Crippen LogP) is 1.37. The van der Waals surface area contributed by atoms with Crippen molar-refractivity contribution < 1.29 is 14.4 Å². The summed E-state index contributed by atoms with van der Waals surface area (Å²) in [7, 11) is 5.67. The lowest BCUT2D eigenvalue weighted by Crippen LogP contribution is -2.37. The zero-order valence-electron chi connectivity index (χ0n) is 20.9. The van der Waals surface area contributed by atoms with Gasteiger partial charge in [0.15, 0.2) is 22.8 Å². The number of rotatable bonds is 7. The summed E-state index contributed by atoms with van der Waals surface area (Å²) in [6, 6.07) is 8.00. The second kappa shape index (κ2) is 10.3. The highest BCUT2D eigenvalue weighted by Gasteiger charge is 2.23. The van der Waals surface area contributed by atoms with E-state index >= 15 is 0 Å². The molecule has 13 nitrogen and oxygen atoms in total. The van der Waals surface area contributed by atoms with E-state index < -0.39 is 5.97 Å². The van der Waals surface area contributed by atoms with E-state index in [4.69, 9.17) is 25.6 Å². The zero-order chi connectivity index (χ0) is 25.9. The quantitative estimate of drug-likeness (QED) is 0.350. The topological polar surface area (TPSA) is 149 Å². The summed E-state index contributed by atoms with van der Waals surface area (Å²) in [6.45, 7) is 3.11. The molecule has 0 aliphatic carbocycles. The lowest BCUT2D eigenvalue weighted by atomic mass is 10.2. The minimum atomic E-state index is -0.699. The Morgan fingerprint density at radius 1 is 1.14 bits per heavy atom. The van der Waals surface area contributed by atoms with Gasteiger partial charge in [-0.2, -0.15) is 5.90 Å². The van der Waals surface area contributed by atoms with Crippen LogP contribution in [0.2, 0.25) is 0 Å². The molecule has 1 aromatic carbocycles. The number of carbonyl (C=O) groups excluding carboxylic acids is 1. The number of fused-ring (bicyclic) bond motifs is 1. The number of nitrogens with two attached hydrogens (primary N) is 1. The van der Waals surface area contributed by atoms with Crippen LogP contribution in [0, 0.1) is 0 Å². The monoisotopic (exact) mass is 504 g/mol. The van der Waals surface area contributed by atoms with Gasteiger partial charge in [-0.05, 0) is 24.3 Å². The molecule has 0 saturated carbocycles. The van der Waals surface area contributed by atoms with Crippen LogP contribution < -0.4 is 21.0 Å². The lowest BCUT2D eigenvalue weighted by Gasteiger charge is -2.28. The van der Waals surface area contributed by atoms with Gasteiger partial charge in [0.2, 0.25) is 5.95 Å². The minimum Gasteiger partial charge on any atom is -0.388 e. The van der Waals surface area contributed by atoms with Crippen molar-refractivity contribution in [2.24, 2.45) is 12.9 Å². The number of aryl methyl sites for hydroxylation is 1. The van der Waals surface area contributed by atoms with E-state index in [1.54, 1.807) is 0 Å². The van der Waals surface area contributed by atoms with Crippen LogP contribution in [-0.4, -0.2) is 75.9 Å². The third kappa shape index (κ3) is 4.86. The van der Waals surface area contributed by atoms with Crippen molar-refractivity contribution in [3.8, 4) is 11.4 Å². The molecule has 4 heterocycles. The van der Waals surface area contributed by atoms with E-state index in [2.05, 4.69) is 25.0 Å². The summed E-state index contributed by atoms with van der Waals surface area (Å²) in [5.41, 5.74) is 3.56. The van der Waals surface area contributed by atoms with Crippen LogP contribution in [0.4, 0.5) is 17.5 Å². The molecule has 0 atom stereocenters. The number of benzene rings is 1. The zero-order valence-corrected chi connectivity index (χ0v) is 20.9. The van der Waals surface area contributed by atoms with Crippen molar-refractivity contribution in [1.29, 1.82) is 0 Å². The molecule has 192 valence electrons. The van der Waals surface area contributed by atoms with Gasteiger partial charge in [0.1, 0.15) is 5.82 Å². The van der Waals surface area contributed by atoms with Crippen molar-refractivity contribution in [3.63, 3.8) is 0 Å². The van der Waals surface area contributed by atoms with E-state index in [0.717, 1.165) is 47.1 Å². The molecule has 3 N–H and O–H groups in total. The number of nitrogens with one attached hydrogen (secondary N) is 1. The van der Waals surface area contributed by atoms with Gasteiger partial charge < -0.3 is 29.3 Å². The van der Waals surface area contributed by atoms with Gasteiger partial charge in [0, 0.05) is 57.9 Å². The molecule has 1 aliphatic rings. The maximum Gasteiger partial charge on any atom is 0.359 e. The molecule has 0 unspecified atom stereocenters. The van der Waals surface area contributed by atoms with Crippen molar-refractivity contribution in [2.75, 3.05) is 55.5 Å². The Balaban J connectivity index is 1.52. The number of nitrogens with zero attached hydrogens (tertiary/aromatic N) is 8. The van der Waals surface area contributed by atoms with E-state index in [9.17, 15) is 4.79 Å². The first kappa shape index (κ1) is 24.3. The molecular formula is C24H28N10O3. The first-order valence-electron chi connectivity index (χ1n) is 11.8. The molecule has 1 aliphatic heterocycles. The third-order valence-electron chi connectivity index (χ3n) is 6.24. The number of hydrogen-bond donors (Lipinski definition) is 2. The van der Waals surface area contributed by atoms with Gasteiger partial charge >= 0.3 is 5.97 Å². The highest BCUT2D eigenvalue weighted by atomic mass is 16.7. The maximum absolute atomic E-state index is 11.6. The number of hydrogen-bond acceptors (Lipinski definition) is 12. The Morgan fingerprint density at radius 2 is 1.84 bits per heavy atom.